The zero-order valence-corrected chi connectivity index (χ0v) is 10.5. The van der Waals surface area contributed by atoms with Crippen molar-refractivity contribution in [2.24, 2.45) is 0 Å². The number of hydrogen-bond donors (Lipinski definition) is 1. The minimum Gasteiger partial charge on any atom is -0.465 e. The zero-order chi connectivity index (χ0) is 12.7. The van der Waals surface area contributed by atoms with E-state index < -0.39 is 0 Å². The van der Waals surface area contributed by atoms with Crippen molar-refractivity contribution in [1.82, 2.24) is 5.32 Å². The average Bonchev–Trinajstić information content (AvgIpc) is 2.35. The Morgan fingerprint density at radius 2 is 2.24 bits per heavy atom. The average molecular weight is 231 g/mol. The fourth-order valence-corrected chi connectivity index (χ4v) is 1.38. The molecule has 0 aliphatic carbocycles. The first-order chi connectivity index (χ1) is 8.19. The summed E-state index contributed by atoms with van der Waals surface area (Å²) in [6.45, 7) is 2.74. The third kappa shape index (κ3) is 3.93. The van der Waals surface area contributed by atoms with Gasteiger partial charge in [-0.25, -0.2) is 4.79 Å². The molecule has 0 radical (unpaired) electrons. The van der Waals surface area contributed by atoms with Crippen LogP contribution in [0, 0.1) is 18.8 Å². The molecule has 0 spiro atoms. The topological polar surface area (TPSA) is 38.3 Å². The van der Waals surface area contributed by atoms with Crippen molar-refractivity contribution in [3.05, 3.63) is 34.9 Å². The van der Waals surface area contributed by atoms with Crippen LogP contribution in [0.1, 0.15) is 27.9 Å². The first-order valence-corrected chi connectivity index (χ1v) is 5.51. The molecule has 0 fully saturated rings. The molecule has 3 nitrogen and oxygen atoms in total. The van der Waals surface area contributed by atoms with Crippen LogP contribution in [0.3, 0.4) is 0 Å². The van der Waals surface area contributed by atoms with E-state index in [0.717, 1.165) is 24.1 Å². The van der Waals surface area contributed by atoms with Gasteiger partial charge in [0.1, 0.15) is 0 Å². The fraction of sp³-hybridized carbons (Fsp3) is 0.357. The second-order valence-electron chi connectivity index (χ2n) is 3.68. The molecule has 0 saturated heterocycles. The summed E-state index contributed by atoms with van der Waals surface area (Å²) in [5, 5.41) is 3.03. The van der Waals surface area contributed by atoms with Crippen molar-refractivity contribution in [3.8, 4) is 11.8 Å². The van der Waals surface area contributed by atoms with E-state index in [1.807, 2.05) is 26.1 Å². The van der Waals surface area contributed by atoms with Gasteiger partial charge in [-0.2, -0.15) is 0 Å². The fourth-order valence-electron chi connectivity index (χ4n) is 1.38. The van der Waals surface area contributed by atoms with E-state index in [0.29, 0.717) is 5.56 Å². The lowest BCUT2D eigenvalue weighted by Crippen LogP contribution is -2.06. The molecule has 0 bridgehead atoms. The number of esters is 1. The van der Waals surface area contributed by atoms with Gasteiger partial charge in [0.15, 0.2) is 0 Å². The van der Waals surface area contributed by atoms with Crippen molar-refractivity contribution in [1.29, 1.82) is 0 Å². The van der Waals surface area contributed by atoms with E-state index in [-0.39, 0.29) is 5.97 Å². The maximum atomic E-state index is 11.5. The van der Waals surface area contributed by atoms with Crippen molar-refractivity contribution < 1.29 is 9.53 Å². The summed E-state index contributed by atoms with van der Waals surface area (Å²) in [7, 11) is 3.27. The first-order valence-electron chi connectivity index (χ1n) is 5.51. The Labute approximate surface area is 102 Å². The largest absolute Gasteiger partial charge is 0.465 e. The summed E-state index contributed by atoms with van der Waals surface area (Å²) in [4.78, 5) is 11.5. The van der Waals surface area contributed by atoms with Gasteiger partial charge < -0.3 is 10.1 Å². The highest BCUT2D eigenvalue weighted by atomic mass is 16.5. The summed E-state index contributed by atoms with van der Waals surface area (Å²) >= 11 is 0. The van der Waals surface area contributed by atoms with Gasteiger partial charge in [-0.05, 0) is 31.7 Å². The predicted molar refractivity (Wildman–Crippen MR) is 67.9 cm³/mol. The number of rotatable bonds is 3. The molecule has 1 aromatic rings. The Bertz CT molecular complexity index is 455. The summed E-state index contributed by atoms with van der Waals surface area (Å²) in [6.07, 6.45) is 0.790. The van der Waals surface area contributed by atoms with Crippen LogP contribution in [0.25, 0.3) is 0 Å². The van der Waals surface area contributed by atoms with Crippen molar-refractivity contribution in [3.63, 3.8) is 0 Å². The van der Waals surface area contributed by atoms with Gasteiger partial charge in [-0.15, -0.1) is 0 Å². The molecule has 0 unspecified atom stereocenters. The monoisotopic (exact) mass is 231 g/mol. The van der Waals surface area contributed by atoms with Gasteiger partial charge in [0.05, 0.1) is 12.7 Å². The molecule has 0 saturated carbocycles. The Kier molecular flexibility index (Phi) is 5.25. The van der Waals surface area contributed by atoms with E-state index in [1.165, 1.54) is 7.11 Å². The van der Waals surface area contributed by atoms with Crippen LogP contribution in [0.15, 0.2) is 18.2 Å². The SMILES string of the molecule is CNCCC#Cc1ccc(C)c(C(=O)OC)c1. The molecule has 90 valence electrons. The van der Waals surface area contributed by atoms with Gasteiger partial charge in [0.25, 0.3) is 0 Å². The molecule has 0 atom stereocenters. The van der Waals surface area contributed by atoms with E-state index in [1.54, 1.807) is 6.07 Å². The van der Waals surface area contributed by atoms with Crippen molar-refractivity contribution in [2.45, 2.75) is 13.3 Å². The molecular formula is C14H17NO2. The predicted octanol–water partition coefficient (Wildman–Crippen LogP) is 1.74. The minimum atomic E-state index is -0.318. The molecule has 0 amide bonds. The van der Waals surface area contributed by atoms with Crippen LogP contribution < -0.4 is 5.32 Å². The maximum Gasteiger partial charge on any atom is 0.338 e. The summed E-state index contributed by atoms with van der Waals surface area (Å²) in [5.74, 6) is 5.75. The van der Waals surface area contributed by atoms with E-state index in [2.05, 4.69) is 17.2 Å². The lowest BCUT2D eigenvalue weighted by molar-refractivity contribution is 0.0600. The Morgan fingerprint density at radius 1 is 1.47 bits per heavy atom. The molecule has 3 heteroatoms. The van der Waals surface area contributed by atoms with Crippen LogP contribution in [-0.4, -0.2) is 26.7 Å². The Hall–Kier alpha value is -1.79. The molecule has 0 heterocycles. The number of carbonyl (C=O) groups is 1. The van der Waals surface area contributed by atoms with Gasteiger partial charge in [0, 0.05) is 18.5 Å². The third-order valence-corrected chi connectivity index (χ3v) is 2.38. The number of nitrogens with one attached hydrogen (secondary N) is 1. The highest BCUT2D eigenvalue weighted by Gasteiger charge is 2.08. The van der Waals surface area contributed by atoms with Crippen molar-refractivity contribution in [2.75, 3.05) is 20.7 Å². The lowest BCUT2D eigenvalue weighted by Gasteiger charge is -2.03. The number of benzene rings is 1. The molecule has 17 heavy (non-hydrogen) atoms. The third-order valence-electron chi connectivity index (χ3n) is 2.38. The molecule has 1 N–H and O–H groups in total. The Morgan fingerprint density at radius 3 is 2.88 bits per heavy atom. The van der Waals surface area contributed by atoms with Crippen molar-refractivity contribution >= 4 is 5.97 Å². The van der Waals surface area contributed by atoms with Gasteiger partial charge >= 0.3 is 5.97 Å². The molecule has 0 aliphatic heterocycles. The van der Waals surface area contributed by atoms with Gasteiger partial charge in [0.2, 0.25) is 0 Å². The molecule has 1 rings (SSSR count). The van der Waals surface area contributed by atoms with Crippen LogP contribution in [-0.2, 0) is 4.74 Å². The second-order valence-corrected chi connectivity index (χ2v) is 3.68. The minimum absolute atomic E-state index is 0.318. The number of aryl methyl sites for hydroxylation is 1. The molecule has 0 aromatic heterocycles. The number of hydrogen-bond acceptors (Lipinski definition) is 3. The maximum absolute atomic E-state index is 11.5. The zero-order valence-electron chi connectivity index (χ0n) is 10.5. The molecular weight excluding hydrogens is 214 g/mol. The molecule has 0 aliphatic rings. The van der Waals surface area contributed by atoms with Crippen LogP contribution in [0.4, 0.5) is 0 Å². The highest BCUT2D eigenvalue weighted by molar-refractivity contribution is 5.91. The highest BCUT2D eigenvalue weighted by Crippen LogP contribution is 2.11. The van der Waals surface area contributed by atoms with E-state index in [4.69, 9.17) is 4.74 Å². The van der Waals surface area contributed by atoms with Crippen LogP contribution >= 0.6 is 0 Å². The quantitative estimate of drug-likeness (QED) is 0.489. The normalized spacial score (nSPS) is 9.35. The van der Waals surface area contributed by atoms with E-state index in [9.17, 15) is 4.79 Å². The first kappa shape index (κ1) is 13.3. The lowest BCUT2D eigenvalue weighted by atomic mass is 10.1. The summed E-state index contributed by atoms with van der Waals surface area (Å²) < 4.78 is 4.72. The van der Waals surface area contributed by atoms with Gasteiger partial charge in [-0.1, -0.05) is 17.9 Å². The van der Waals surface area contributed by atoms with Crippen LogP contribution in [0.5, 0.6) is 0 Å². The summed E-state index contributed by atoms with van der Waals surface area (Å²) in [6, 6.07) is 5.57. The van der Waals surface area contributed by atoms with E-state index >= 15 is 0 Å². The number of ether oxygens (including phenoxy) is 1. The summed E-state index contributed by atoms with van der Waals surface area (Å²) in [5.41, 5.74) is 2.32. The smallest absolute Gasteiger partial charge is 0.338 e. The Balaban J connectivity index is 2.87. The second kappa shape index (κ2) is 6.72. The number of carbonyl (C=O) groups excluding carboxylic acids is 1. The van der Waals surface area contributed by atoms with Crippen LogP contribution in [0.2, 0.25) is 0 Å². The standard InChI is InChI=1S/C14H17NO2/c1-11-7-8-12(6-4-5-9-15-2)10-13(11)14(16)17-3/h7-8,10,15H,5,9H2,1-3H3. The number of methoxy groups -OCH3 is 1. The molecule has 1 aromatic carbocycles. The van der Waals surface area contributed by atoms with Gasteiger partial charge in [-0.3, -0.25) is 0 Å².